The standard InChI is InChI=1S/C8H15N4.BF4/c1-5-6-12-9-7-11(10-12)8(2,3)4;2-1(3,4)5/h5,7H,1,6H2,2-4H3;/q+1;-1. The van der Waals surface area contributed by atoms with E-state index in [2.05, 4.69) is 37.7 Å². The first-order valence-corrected chi connectivity index (χ1v) is 4.85. The van der Waals surface area contributed by atoms with Crippen molar-refractivity contribution in [1.82, 2.24) is 15.1 Å². The second-order valence-electron chi connectivity index (χ2n) is 4.17. The van der Waals surface area contributed by atoms with Crippen LogP contribution in [0.25, 0.3) is 0 Å². The Kier molecular flexibility index (Phi) is 5.31. The third-order valence-corrected chi connectivity index (χ3v) is 1.47. The number of aromatic nitrogens is 4. The molecular weight excluding hydrogens is 239 g/mol. The van der Waals surface area contributed by atoms with Gasteiger partial charge in [-0.25, -0.2) is 0 Å². The van der Waals surface area contributed by atoms with Crippen molar-refractivity contribution in [3.63, 3.8) is 0 Å². The van der Waals surface area contributed by atoms with Crippen molar-refractivity contribution in [1.29, 1.82) is 0 Å². The molecule has 4 nitrogen and oxygen atoms in total. The van der Waals surface area contributed by atoms with Crippen molar-refractivity contribution < 1.29 is 21.9 Å². The van der Waals surface area contributed by atoms with Crippen molar-refractivity contribution in [2.24, 2.45) is 0 Å². The smallest absolute Gasteiger partial charge is 0.418 e. The third-order valence-electron chi connectivity index (χ3n) is 1.47. The molecule has 0 saturated carbocycles. The zero-order valence-corrected chi connectivity index (χ0v) is 9.95. The van der Waals surface area contributed by atoms with E-state index in [-0.39, 0.29) is 5.54 Å². The summed E-state index contributed by atoms with van der Waals surface area (Å²) in [4.78, 5) is 1.61. The van der Waals surface area contributed by atoms with Gasteiger partial charge in [-0.05, 0) is 25.6 Å². The van der Waals surface area contributed by atoms with Crippen LogP contribution in [-0.4, -0.2) is 22.4 Å². The monoisotopic (exact) mass is 254 g/mol. The van der Waals surface area contributed by atoms with Crippen LogP contribution in [0.1, 0.15) is 20.8 Å². The minimum atomic E-state index is -6.00. The first-order valence-electron chi connectivity index (χ1n) is 4.85. The van der Waals surface area contributed by atoms with Gasteiger partial charge >= 0.3 is 7.25 Å². The molecule has 0 aromatic carbocycles. The highest BCUT2D eigenvalue weighted by molar-refractivity contribution is 6.50. The van der Waals surface area contributed by atoms with E-state index in [0.29, 0.717) is 6.54 Å². The van der Waals surface area contributed by atoms with Gasteiger partial charge in [0.1, 0.15) is 12.1 Å². The number of nitrogens with zero attached hydrogens (tertiary/aromatic N) is 4. The summed E-state index contributed by atoms with van der Waals surface area (Å²) in [6.45, 7) is 10.5. The highest BCUT2D eigenvalue weighted by atomic mass is 19.5. The molecule has 0 radical (unpaired) electrons. The molecule has 0 spiro atoms. The summed E-state index contributed by atoms with van der Waals surface area (Å²) < 4.78 is 40.8. The van der Waals surface area contributed by atoms with Crippen LogP contribution in [0.3, 0.4) is 0 Å². The molecule has 1 heterocycles. The normalized spacial score (nSPS) is 11.7. The van der Waals surface area contributed by atoms with Crippen LogP contribution in [0.15, 0.2) is 19.0 Å². The molecule has 1 rings (SSSR count). The van der Waals surface area contributed by atoms with E-state index in [1.807, 2.05) is 4.68 Å². The third kappa shape index (κ3) is 8.41. The topological polar surface area (TPSA) is 34.6 Å². The molecule has 0 aliphatic carbocycles. The second kappa shape index (κ2) is 5.78. The quantitative estimate of drug-likeness (QED) is 0.349. The van der Waals surface area contributed by atoms with Crippen molar-refractivity contribution >= 4 is 7.25 Å². The maximum atomic E-state index is 9.75. The van der Waals surface area contributed by atoms with Gasteiger partial charge in [0.15, 0.2) is 0 Å². The molecule has 0 aliphatic heterocycles. The molecule has 1 aromatic heterocycles. The lowest BCUT2D eigenvalue weighted by molar-refractivity contribution is -0.807. The highest BCUT2D eigenvalue weighted by Gasteiger charge is 2.21. The Hall–Kier alpha value is -1.41. The predicted molar refractivity (Wildman–Crippen MR) is 55.6 cm³/mol. The van der Waals surface area contributed by atoms with E-state index in [9.17, 15) is 17.3 Å². The predicted octanol–water partition coefficient (Wildman–Crippen LogP) is 1.81. The zero-order chi connectivity index (χ0) is 13.7. The van der Waals surface area contributed by atoms with Crippen LogP contribution < -0.4 is 4.68 Å². The Morgan fingerprint density at radius 1 is 1.35 bits per heavy atom. The fourth-order valence-electron chi connectivity index (χ4n) is 0.772. The van der Waals surface area contributed by atoms with Gasteiger partial charge in [-0.3, -0.25) is 0 Å². The minimum absolute atomic E-state index is 0.000575. The lowest BCUT2D eigenvalue weighted by atomic mass is 10.1. The number of rotatable bonds is 2. The summed E-state index contributed by atoms with van der Waals surface area (Å²) in [5.74, 6) is 0. The fraction of sp³-hybridized carbons (Fsp3) is 0.625. The number of tetrazole rings is 1. The largest absolute Gasteiger partial charge is 0.673 e. The molecule has 0 fully saturated rings. The molecule has 0 N–H and O–H groups in total. The van der Waals surface area contributed by atoms with Crippen molar-refractivity contribution in [3.8, 4) is 0 Å². The maximum Gasteiger partial charge on any atom is 0.673 e. The van der Waals surface area contributed by atoms with E-state index in [1.54, 1.807) is 17.2 Å². The molecular formula is C8H15BF4N4. The van der Waals surface area contributed by atoms with Gasteiger partial charge in [0, 0.05) is 0 Å². The van der Waals surface area contributed by atoms with Gasteiger partial charge in [0.25, 0.3) is 6.33 Å². The van der Waals surface area contributed by atoms with Gasteiger partial charge in [0.2, 0.25) is 0 Å². The van der Waals surface area contributed by atoms with Gasteiger partial charge in [-0.15, -0.1) is 4.68 Å². The molecule has 0 bridgehead atoms. The van der Waals surface area contributed by atoms with E-state index in [1.165, 1.54) is 0 Å². The Morgan fingerprint density at radius 2 is 1.82 bits per heavy atom. The first kappa shape index (κ1) is 15.6. The Balaban J connectivity index is 0.000000437. The van der Waals surface area contributed by atoms with Crippen molar-refractivity contribution in [2.45, 2.75) is 32.9 Å². The lowest BCUT2D eigenvalue weighted by Crippen LogP contribution is -2.51. The van der Waals surface area contributed by atoms with E-state index >= 15 is 0 Å². The molecule has 0 amide bonds. The number of halogens is 4. The van der Waals surface area contributed by atoms with Crippen LogP contribution in [-0.2, 0) is 12.1 Å². The zero-order valence-electron chi connectivity index (χ0n) is 9.95. The van der Waals surface area contributed by atoms with Gasteiger partial charge in [-0.1, -0.05) is 12.7 Å². The SMILES string of the molecule is C=CCn1nc[n+](C(C)(C)C)n1.F[B-](F)(F)F. The lowest BCUT2D eigenvalue weighted by Gasteiger charge is -2.10. The van der Waals surface area contributed by atoms with Crippen molar-refractivity contribution in [3.05, 3.63) is 19.0 Å². The van der Waals surface area contributed by atoms with Crippen molar-refractivity contribution in [2.75, 3.05) is 0 Å². The summed E-state index contributed by atoms with van der Waals surface area (Å²) in [7, 11) is -6.00. The van der Waals surface area contributed by atoms with E-state index < -0.39 is 7.25 Å². The first-order chi connectivity index (χ1) is 7.54. The highest BCUT2D eigenvalue weighted by Crippen LogP contribution is 2.06. The second-order valence-corrected chi connectivity index (χ2v) is 4.17. The molecule has 9 heteroatoms. The van der Waals surface area contributed by atoms with Gasteiger partial charge in [0.05, 0.1) is 10.3 Å². The van der Waals surface area contributed by atoms with Gasteiger partial charge in [-0.2, -0.15) is 0 Å². The molecule has 0 aliphatic rings. The van der Waals surface area contributed by atoms with Crippen LogP contribution in [0, 0.1) is 0 Å². The molecule has 0 unspecified atom stereocenters. The Morgan fingerprint density at radius 3 is 2.12 bits per heavy atom. The molecule has 0 atom stereocenters. The molecule has 98 valence electrons. The summed E-state index contributed by atoms with van der Waals surface area (Å²) >= 11 is 0. The molecule has 17 heavy (non-hydrogen) atoms. The number of allylic oxidation sites excluding steroid dienone is 1. The molecule has 1 aromatic rings. The Labute approximate surface area is 97.0 Å². The maximum absolute atomic E-state index is 9.75. The van der Waals surface area contributed by atoms with E-state index in [4.69, 9.17) is 0 Å². The fourth-order valence-corrected chi connectivity index (χ4v) is 0.772. The summed E-state index contributed by atoms with van der Waals surface area (Å²) in [5.41, 5.74) is -0.000575. The van der Waals surface area contributed by atoms with Crippen LogP contribution in [0.4, 0.5) is 17.3 Å². The average Bonchev–Trinajstić information content (AvgIpc) is 2.48. The Bertz CT molecular complexity index is 349. The van der Waals surface area contributed by atoms with Crippen LogP contribution >= 0.6 is 0 Å². The summed E-state index contributed by atoms with van der Waals surface area (Å²) in [5, 5.41) is 8.29. The van der Waals surface area contributed by atoms with E-state index in [0.717, 1.165) is 0 Å². The summed E-state index contributed by atoms with van der Waals surface area (Å²) in [6.07, 6.45) is 3.50. The molecule has 0 saturated heterocycles. The average molecular weight is 254 g/mol. The van der Waals surface area contributed by atoms with Crippen LogP contribution in [0.5, 0.6) is 0 Å². The van der Waals surface area contributed by atoms with Crippen LogP contribution in [0.2, 0.25) is 0 Å². The summed E-state index contributed by atoms with van der Waals surface area (Å²) in [6, 6.07) is 0. The number of hydrogen-bond acceptors (Lipinski definition) is 2. The minimum Gasteiger partial charge on any atom is -0.418 e. The van der Waals surface area contributed by atoms with Gasteiger partial charge < -0.3 is 17.3 Å². The number of hydrogen-bond donors (Lipinski definition) is 0.